The van der Waals surface area contributed by atoms with E-state index in [2.05, 4.69) is 31.2 Å². The minimum Gasteiger partial charge on any atom is -0.393 e. The molecule has 7 heteroatoms. The Kier molecular flexibility index (Phi) is 12.1. The van der Waals surface area contributed by atoms with Crippen LogP contribution in [0.5, 0.6) is 0 Å². The fourth-order valence-electron chi connectivity index (χ4n) is 7.59. The molecule has 1 fully saturated rings. The molecular weight excluding hydrogens is 643 g/mol. The second kappa shape index (κ2) is 16.3. The van der Waals surface area contributed by atoms with Crippen molar-refractivity contribution in [1.29, 1.82) is 0 Å². The van der Waals surface area contributed by atoms with E-state index in [1.165, 1.54) is 31.0 Å². The number of hydrogen-bond donors (Lipinski definition) is 1. The van der Waals surface area contributed by atoms with Crippen molar-refractivity contribution in [3.05, 3.63) is 137 Å². The van der Waals surface area contributed by atoms with Crippen LogP contribution in [0.15, 0.2) is 103 Å². The van der Waals surface area contributed by atoms with Gasteiger partial charge in [0.2, 0.25) is 10.0 Å². The summed E-state index contributed by atoms with van der Waals surface area (Å²) in [5.41, 5.74) is 5.48. The molecule has 1 N–H and O–H groups in total. The Morgan fingerprint density at radius 1 is 0.820 bits per heavy atom. The summed E-state index contributed by atoms with van der Waals surface area (Å²) in [7, 11) is -2.23. The Morgan fingerprint density at radius 2 is 1.42 bits per heavy atom. The van der Waals surface area contributed by atoms with Crippen LogP contribution in [0.1, 0.15) is 107 Å². The number of benzene rings is 4. The van der Waals surface area contributed by atoms with Crippen molar-refractivity contribution in [2.24, 2.45) is 5.92 Å². The molecule has 5 rings (SSSR count). The molecule has 0 amide bonds. The lowest BCUT2D eigenvalue weighted by atomic mass is 9.73. The van der Waals surface area contributed by atoms with Gasteiger partial charge < -0.3 is 5.11 Å². The van der Waals surface area contributed by atoms with Gasteiger partial charge in [-0.05, 0) is 91.2 Å². The van der Waals surface area contributed by atoms with Crippen molar-refractivity contribution in [3.8, 4) is 0 Å². The van der Waals surface area contributed by atoms with Gasteiger partial charge in [0, 0.05) is 31.0 Å². The summed E-state index contributed by atoms with van der Waals surface area (Å²) in [6, 6.07) is 33.1. The zero-order valence-electron chi connectivity index (χ0n) is 29.8. The van der Waals surface area contributed by atoms with E-state index in [-0.39, 0.29) is 52.9 Å². The van der Waals surface area contributed by atoms with Gasteiger partial charge in [-0.3, -0.25) is 13.9 Å². The van der Waals surface area contributed by atoms with Crippen molar-refractivity contribution in [1.82, 2.24) is 0 Å². The van der Waals surface area contributed by atoms with Crippen molar-refractivity contribution < 1.29 is 23.1 Å². The molecule has 6 nitrogen and oxygen atoms in total. The normalized spacial score (nSPS) is 16.0. The van der Waals surface area contributed by atoms with E-state index in [1.807, 2.05) is 67.6 Å². The third kappa shape index (κ3) is 9.37. The summed E-state index contributed by atoms with van der Waals surface area (Å²) >= 11 is 0. The van der Waals surface area contributed by atoms with Crippen molar-refractivity contribution >= 4 is 27.3 Å². The highest BCUT2D eigenvalue weighted by Crippen LogP contribution is 2.45. The molecule has 0 spiro atoms. The van der Waals surface area contributed by atoms with Gasteiger partial charge in [0.15, 0.2) is 11.6 Å². The van der Waals surface area contributed by atoms with Crippen LogP contribution in [0.3, 0.4) is 0 Å². The monoisotopic (exact) mass is 693 g/mol. The molecule has 0 bridgehead atoms. The number of anilines is 1. The highest BCUT2D eigenvalue weighted by atomic mass is 32.2. The molecule has 0 aromatic heterocycles. The topological polar surface area (TPSA) is 91.8 Å². The van der Waals surface area contributed by atoms with Crippen LogP contribution in [-0.2, 0) is 21.9 Å². The van der Waals surface area contributed by atoms with Gasteiger partial charge in [-0.2, -0.15) is 0 Å². The summed E-state index contributed by atoms with van der Waals surface area (Å²) < 4.78 is 26.3. The number of aliphatic hydroxyl groups is 1. The molecule has 1 saturated carbocycles. The first-order chi connectivity index (χ1) is 23.8. The molecule has 1 aliphatic rings. The van der Waals surface area contributed by atoms with Crippen LogP contribution >= 0.6 is 0 Å². The van der Waals surface area contributed by atoms with E-state index in [9.17, 15) is 23.1 Å². The average Bonchev–Trinajstić information content (AvgIpc) is 3.60. The number of carbonyl (C=O) groups excluding carboxylic acids is 2. The molecule has 0 radical (unpaired) electrons. The summed E-state index contributed by atoms with van der Waals surface area (Å²) in [4.78, 5) is 27.8. The second-order valence-corrected chi connectivity index (χ2v) is 16.5. The fourth-order valence-corrected chi connectivity index (χ4v) is 8.08. The Hall–Kier alpha value is -4.07. The molecule has 0 heterocycles. The van der Waals surface area contributed by atoms with E-state index in [1.54, 1.807) is 18.2 Å². The van der Waals surface area contributed by atoms with Crippen LogP contribution in [0.4, 0.5) is 5.69 Å². The van der Waals surface area contributed by atoms with Crippen LogP contribution in [0, 0.1) is 12.8 Å². The Labute approximate surface area is 298 Å². The molecule has 0 saturated heterocycles. The number of rotatable bonds is 16. The second-order valence-electron chi connectivity index (χ2n) is 14.5. The fraction of sp³-hybridized carbons (Fsp3) is 0.395. The van der Waals surface area contributed by atoms with Crippen LogP contribution in [-0.4, -0.2) is 44.5 Å². The molecule has 50 heavy (non-hydrogen) atoms. The molecule has 264 valence electrons. The maximum Gasteiger partial charge on any atom is 0.231 e. The Bertz CT molecular complexity index is 1870. The van der Waals surface area contributed by atoms with Crippen molar-refractivity contribution in [3.63, 3.8) is 0 Å². The minimum atomic E-state index is -3.66. The first kappa shape index (κ1) is 37.2. The van der Waals surface area contributed by atoms with Gasteiger partial charge in [-0.15, -0.1) is 0 Å². The zero-order valence-corrected chi connectivity index (χ0v) is 30.7. The quantitative estimate of drug-likeness (QED) is 0.118. The lowest BCUT2D eigenvalue weighted by Crippen LogP contribution is -2.30. The summed E-state index contributed by atoms with van der Waals surface area (Å²) in [6.45, 7) is 4.10. The Balaban J connectivity index is 1.42. The van der Waals surface area contributed by atoms with Crippen LogP contribution in [0.25, 0.3) is 0 Å². The highest BCUT2D eigenvalue weighted by Gasteiger charge is 2.37. The number of aryl methyl sites for hydroxylation is 1. The first-order valence-electron chi connectivity index (χ1n) is 17.8. The van der Waals surface area contributed by atoms with Crippen molar-refractivity contribution in [2.45, 2.75) is 89.1 Å². The van der Waals surface area contributed by atoms with E-state index < -0.39 is 16.1 Å². The predicted octanol–water partition coefficient (Wildman–Crippen LogP) is 8.85. The summed E-state index contributed by atoms with van der Waals surface area (Å²) in [6.07, 6.45) is 7.08. The van der Waals surface area contributed by atoms with Gasteiger partial charge in [-0.1, -0.05) is 110 Å². The summed E-state index contributed by atoms with van der Waals surface area (Å²) in [5.74, 6) is -0.826. The third-order valence-corrected chi connectivity index (χ3v) is 11.9. The lowest BCUT2D eigenvalue weighted by Gasteiger charge is -2.32. The van der Waals surface area contributed by atoms with E-state index in [4.69, 9.17) is 0 Å². The molecule has 4 aromatic rings. The van der Waals surface area contributed by atoms with E-state index in [0.29, 0.717) is 18.4 Å². The van der Waals surface area contributed by atoms with Crippen LogP contribution in [0.2, 0.25) is 0 Å². The molecule has 0 unspecified atom stereocenters. The van der Waals surface area contributed by atoms with Gasteiger partial charge in [-0.25, -0.2) is 8.42 Å². The van der Waals surface area contributed by atoms with Crippen molar-refractivity contribution in [2.75, 3.05) is 17.6 Å². The number of carbonyl (C=O) groups is 2. The van der Waals surface area contributed by atoms with E-state index >= 15 is 0 Å². The smallest absolute Gasteiger partial charge is 0.231 e. The maximum absolute atomic E-state index is 14.2. The number of sulfonamides is 1. The highest BCUT2D eigenvalue weighted by molar-refractivity contribution is 7.92. The number of nitrogens with zero attached hydrogens (tertiary/aromatic N) is 1. The molecule has 4 aromatic carbocycles. The molecule has 1 aliphatic carbocycles. The largest absolute Gasteiger partial charge is 0.393 e. The SMILES string of the molecule is Cc1cccc(C2(CC[C@@H](O)[C@@H](CC(=O)c3cc(C(=O)C[C@H](C)c4ccccc4)cc(N(C)S(C)(=O)=O)c3)Cc3ccccc3)CCCC2)c1. The number of ketones is 2. The molecule has 0 aliphatic heterocycles. The maximum atomic E-state index is 14.2. The van der Waals surface area contributed by atoms with Gasteiger partial charge in [0.05, 0.1) is 18.0 Å². The van der Waals surface area contributed by atoms with Gasteiger partial charge >= 0.3 is 0 Å². The van der Waals surface area contributed by atoms with E-state index in [0.717, 1.165) is 41.0 Å². The zero-order chi connectivity index (χ0) is 35.9. The first-order valence-corrected chi connectivity index (χ1v) is 19.7. The minimum absolute atomic E-state index is 0.0189. The predicted molar refractivity (Wildman–Crippen MR) is 203 cm³/mol. The number of hydrogen-bond acceptors (Lipinski definition) is 5. The number of Topliss-reactive ketones (excluding diaryl/α,β-unsaturated/α-hetero) is 2. The van der Waals surface area contributed by atoms with Gasteiger partial charge in [0.1, 0.15) is 0 Å². The lowest BCUT2D eigenvalue weighted by molar-refractivity contribution is 0.0710. The third-order valence-electron chi connectivity index (χ3n) is 10.7. The summed E-state index contributed by atoms with van der Waals surface area (Å²) in [5, 5.41) is 11.8. The Morgan fingerprint density at radius 3 is 2.02 bits per heavy atom. The number of aliphatic hydroxyl groups excluding tert-OH is 1. The van der Waals surface area contributed by atoms with Gasteiger partial charge in [0.25, 0.3) is 0 Å². The molecule has 3 atom stereocenters. The standard InChI is InChI=1S/C43H51NO5S/c1-31-14-13-19-38(24-31)43(21-11-12-22-43)23-20-40(45)35(26-33-15-7-5-8-16-33)30-42(47)37-27-36(28-39(29-37)44(3)50(4,48)49)41(46)25-32(2)34-17-9-6-10-18-34/h5-10,13-19,24,27-29,32,35,40,45H,11-12,20-23,25-26,30H2,1-4H3/t32-,35+,40+/m0/s1. The average molecular weight is 694 g/mol. The van der Waals surface area contributed by atoms with Crippen LogP contribution < -0.4 is 4.31 Å². The molecular formula is C43H51NO5S.